The van der Waals surface area contributed by atoms with Gasteiger partial charge in [-0.15, -0.1) is 0 Å². The number of aryl methyl sites for hydroxylation is 1. The van der Waals surface area contributed by atoms with Gasteiger partial charge in [-0.3, -0.25) is 0 Å². The van der Waals surface area contributed by atoms with Crippen LogP contribution in [0.5, 0.6) is 0 Å². The van der Waals surface area contributed by atoms with Crippen LogP contribution in [0, 0.1) is 0 Å². The van der Waals surface area contributed by atoms with E-state index in [1.54, 1.807) is 0 Å². The third-order valence-corrected chi connectivity index (χ3v) is 3.78. The Morgan fingerprint density at radius 2 is 2.20 bits per heavy atom. The second-order valence-electron chi connectivity index (χ2n) is 5.23. The lowest BCUT2D eigenvalue weighted by Crippen LogP contribution is -2.30. The first-order chi connectivity index (χ1) is 9.52. The van der Waals surface area contributed by atoms with Gasteiger partial charge in [0.15, 0.2) is 0 Å². The summed E-state index contributed by atoms with van der Waals surface area (Å²) in [7, 11) is 2.00. The van der Waals surface area contributed by atoms with E-state index in [4.69, 9.17) is 11.6 Å². The molecule has 0 aliphatic carbocycles. The van der Waals surface area contributed by atoms with E-state index >= 15 is 0 Å². The van der Waals surface area contributed by atoms with Gasteiger partial charge in [-0.1, -0.05) is 24.9 Å². The number of rotatable bonds is 6. The quantitative estimate of drug-likeness (QED) is 0.861. The molecule has 5 heteroatoms. The average molecular weight is 296 g/mol. The van der Waals surface area contributed by atoms with E-state index in [9.17, 15) is 5.11 Å². The van der Waals surface area contributed by atoms with E-state index < -0.39 is 0 Å². The zero-order valence-electron chi connectivity index (χ0n) is 12.2. The van der Waals surface area contributed by atoms with Crippen molar-refractivity contribution in [2.45, 2.75) is 38.8 Å². The summed E-state index contributed by atoms with van der Waals surface area (Å²) >= 11 is 6.00. The molecule has 1 aromatic heterocycles. The molecule has 2 unspecified atom stereocenters. The lowest BCUT2D eigenvalue weighted by atomic mass is 10.2. The Bertz CT molecular complexity index is 582. The molecular weight excluding hydrogens is 274 g/mol. The van der Waals surface area contributed by atoms with Crippen LogP contribution in [-0.2, 0) is 7.05 Å². The van der Waals surface area contributed by atoms with Gasteiger partial charge in [0.25, 0.3) is 0 Å². The third kappa shape index (κ3) is 3.32. The van der Waals surface area contributed by atoms with Gasteiger partial charge in [0, 0.05) is 18.6 Å². The van der Waals surface area contributed by atoms with Crippen molar-refractivity contribution in [1.82, 2.24) is 14.9 Å². The van der Waals surface area contributed by atoms with E-state index in [-0.39, 0.29) is 12.1 Å². The number of fused-ring (bicyclic) bond motifs is 1. The molecule has 2 N–H and O–H groups in total. The molecule has 2 atom stereocenters. The second kappa shape index (κ2) is 6.57. The molecule has 0 radical (unpaired) electrons. The number of halogens is 1. The fourth-order valence-electron chi connectivity index (χ4n) is 2.42. The minimum atomic E-state index is -0.299. The molecule has 0 saturated heterocycles. The second-order valence-corrected chi connectivity index (χ2v) is 5.67. The van der Waals surface area contributed by atoms with Crippen molar-refractivity contribution in [2.75, 3.05) is 6.54 Å². The van der Waals surface area contributed by atoms with Crippen molar-refractivity contribution in [3.8, 4) is 0 Å². The summed E-state index contributed by atoms with van der Waals surface area (Å²) in [5.41, 5.74) is 1.96. The standard InChI is InChI=1S/C15H22ClN3O/c1-4-5-12(20)9-17-10(2)15-18-13-8-11(16)6-7-14(13)19(15)3/h6-8,10,12,17,20H,4-5,9H2,1-3H3. The smallest absolute Gasteiger partial charge is 0.126 e. The zero-order chi connectivity index (χ0) is 14.7. The third-order valence-electron chi connectivity index (χ3n) is 3.55. The molecule has 110 valence electrons. The van der Waals surface area contributed by atoms with Crippen LogP contribution < -0.4 is 5.32 Å². The van der Waals surface area contributed by atoms with Gasteiger partial charge >= 0.3 is 0 Å². The molecule has 0 fully saturated rings. The number of aromatic nitrogens is 2. The molecule has 2 aromatic rings. The molecule has 0 amide bonds. The molecule has 0 saturated carbocycles. The Hall–Kier alpha value is -1.10. The largest absolute Gasteiger partial charge is 0.392 e. The van der Waals surface area contributed by atoms with Crippen LogP contribution in [0.25, 0.3) is 11.0 Å². The number of hydrogen-bond acceptors (Lipinski definition) is 3. The van der Waals surface area contributed by atoms with Crippen molar-refractivity contribution in [3.63, 3.8) is 0 Å². The number of hydrogen-bond donors (Lipinski definition) is 2. The van der Waals surface area contributed by atoms with E-state index in [1.807, 2.05) is 25.2 Å². The normalized spacial score (nSPS) is 14.7. The first kappa shape index (κ1) is 15.3. The first-order valence-electron chi connectivity index (χ1n) is 7.06. The Labute approximate surface area is 124 Å². The van der Waals surface area contributed by atoms with Gasteiger partial charge in [0.2, 0.25) is 0 Å². The van der Waals surface area contributed by atoms with E-state index in [0.717, 1.165) is 29.7 Å². The van der Waals surface area contributed by atoms with Gasteiger partial charge in [-0.25, -0.2) is 4.98 Å². The van der Waals surface area contributed by atoms with Crippen LogP contribution in [0.3, 0.4) is 0 Å². The van der Waals surface area contributed by atoms with Crippen molar-refractivity contribution in [3.05, 3.63) is 29.0 Å². The zero-order valence-corrected chi connectivity index (χ0v) is 13.0. The molecule has 0 bridgehead atoms. The van der Waals surface area contributed by atoms with Crippen molar-refractivity contribution in [1.29, 1.82) is 0 Å². The highest BCUT2D eigenvalue weighted by atomic mass is 35.5. The van der Waals surface area contributed by atoms with Crippen LogP contribution in [0.1, 0.15) is 38.6 Å². The molecule has 0 aliphatic heterocycles. The maximum absolute atomic E-state index is 9.78. The minimum Gasteiger partial charge on any atom is -0.392 e. The monoisotopic (exact) mass is 295 g/mol. The van der Waals surface area contributed by atoms with Crippen molar-refractivity contribution >= 4 is 22.6 Å². The molecule has 1 heterocycles. The molecule has 4 nitrogen and oxygen atoms in total. The van der Waals surface area contributed by atoms with Crippen molar-refractivity contribution < 1.29 is 5.11 Å². The van der Waals surface area contributed by atoms with Crippen molar-refractivity contribution in [2.24, 2.45) is 7.05 Å². The predicted octanol–water partition coefficient (Wildman–Crippen LogP) is 3.04. The molecule has 0 aliphatic rings. The Kier molecular flexibility index (Phi) is 5.02. The molecular formula is C15H22ClN3O. The minimum absolute atomic E-state index is 0.0812. The number of aliphatic hydroxyl groups excluding tert-OH is 1. The predicted molar refractivity (Wildman–Crippen MR) is 83.1 cm³/mol. The van der Waals surface area contributed by atoms with Gasteiger partial charge < -0.3 is 15.0 Å². The molecule has 20 heavy (non-hydrogen) atoms. The maximum Gasteiger partial charge on any atom is 0.126 e. The van der Waals surface area contributed by atoms with Crippen LogP contribution in [0.15, 0.2) is 18.2 Å². The summed E-state index contributed by atoms with van der Waals surface area (Å²) in [4.78, 5) is 4.63. The molecule has 0 spiro atoms. The Morgan fingerprint density at radius 3 is 2.90 bits per heavy atom. The van der Waals surface area contributed by atoms with Crippen LogP contribution in [0.4, 0.5) is 0 Å². The summed E-state index contributed by atoms with van der Waals surface area (Å²) in [6.45, 7) is 4.71. The summed E-state index contributed by atoms with van der Waals surface area (Å²) in [5, 5.41) is 13.8. The fraction of sp³-hybridized carbons (Fsp3) is 0.533. The van der Waals surface area contributed by atoms with Crippen LogP contribution in [0.2, 0.25) is 5.02 Å². The highest BCUT2D eigenvalue weighted by Gasteiger charge is 2.15. The molecule has 1 aromatic carbocycles. The number of benzene rings is 1. The summed E-state index contributed by atoms with van der Waals surface area (Å²) in [5.74, 6) is 0.950. The SMILES string of the molecule is CCCC(O)CNC(C)c1nc2cc(Cl)ccc2n1C. The van der Waals surface area contributed by atoms with Gasteiger partial charge in [-0.05, 0) is 31.5 Å². The first-order valence-corrected chi connectivity index (χ1v) is 7.44. The average Bonchev–Trinajstić information content (AvgIpc) is 2.73. The Balaban J connectivity index is 2.13. The topological polar surface area (TPSA) is 50.1 Å². The number of nitrogens with one attached hydrogen (secondary N) is 1. The fourth-order valence-corrected chi connectivity index (χ4v) is 2.58. The van der Waals surface area contributed by atoms with Gasteiger partial charge in [0.05, 0.1) is 23.2 Å². The van der Waals surface area contributed by atoms with Crippen LogP contribution >= 0.6 is 11.6 Å². The van der Waals surface area contributed by atoms with E-state index in [0.29, 0.717) is 11.6 Å². The number of imidazole rings is 1. The summed E-state index contributed by atoms with van der Waals surface area (Å²) in [6, 6.07) is 5.81. The highest BCUT2D eigenvalue weighted by Crippen LogP contribution is 2.22. The highest BCUT2D eigenvalue weighted by molar-refractivity contribution is 6.31. The number of aliphatic hydroxyl groups is 1. The lowest BCUT2D eigenvalue weighted by Gasteiger charge is -2.16. The van der Waals surface area contributed by atoms with Crippen LogP contribution in [-0.4, -0.2) is 27.3 Å². The summed E-state index contributed by atoms with van der Waals surface area (Å²) in [6.07, 6.45) is 1.51. The van der Waals surface area contributed by atoms with E-state index in [2.05, 4.69) is 28.7 Å². The van der Waals surface area contributed by atoms with Gasteiger partial charge in [-0.2, -0.15) is 0 Å². The number of nitrogens with zero attached hydrogens (tertiary/aromatic N) is 2. The molecule has 2 rings (SSSR count). The Morgan fingerprint density at radius 1 is 1.45 bits per heavy atom. The summed E-state index contributed by atoms with van der Waals surface area (Å²) < 4.78 is 2.07. The van der Waals surface area contributed by atoms with E-state index in [1.165, 1.54) is 0 Å². The maximum atomic E-state index is 9.78. The lowest BCUT2D eigenvalue weighted by molar-refractivity contribution is 0.156. The van der Waals surface area contributed by atoms with Gasteiger partial charge in [0.1, 0.15) is 5.82 Å².